The number of carbonyl (C=O) groups excluding carboxylic acids is 1. The van der Waals surface area contributed by atoms with Crippen molar-refractivity contribution in [3.8, 4) is 0 Å². The van der Waals surface area contributed by atoms with Crippen LogP contribution in [0.5, 0.6) is 0 Å². The molecule has 2 rings (SSSR count). The van der Waals surface area contributed by atoms with Crippen LogP contribution < -0.4 is 5.32 Å². The molecule has 0 aromatic rings. The van der Waals surface area contributed by atoms with Crippen LogP contribution >= 0.6 is 0 Å². The van der Waals surface area contributed by atoms with Gasteiger partial charge >= 0.3 is 12.0 Å². The second kappa shape index (κ2) is 5.77. The van der Waals surface area contributed by atoms with Gasteiger partial charge in [-0.2, -0.15) is 0 Å². The first kappa shape index (κ1) is 14.1. The maximum atomic E-state index is 12.2. The monoisotopic (exact) mass is 270 g/mol. The van der Waals surface area contributed by atoms with Gasteiger partial charge in [0.1, 0.15) is 0 Å². The van der Waals surface area contributed by atoms with E-state index < -0.39 is 11.5 Å². The van der Waals surface area contributed by atoms with Crippen LogP contribution in [0.15, 0.2) is 0 Å². The lowest BCUT2D eigenvalue weighted by Crippen LogP contribution is -2.52. The normalized spacial score (nSPS) is 25.5. The lowest BCUT2D eigenvalue weighted by atomic mass is 9.93. The van der Waals surface area contributed by atoms with E-state index in [2.05, 4.69) is 5.32 Å². The van der Waals surface area contributed by atoms with Gasteiger partial charge in [0.05, 0.1) is 18.1 Å². The molecule has 108 valence electrons. The van der Waals surface area contributed by atoms with Gasteiger partial charge in [-0.1, -0.05) is 12.8 Å². The van der Waals surface area contributed by atoms with Crippen molar-refractivity contribution in [2.75, 3.05) is 20.2 Å². The highest BCUT2D eigenvalue weighted by atomic mass is 16.5. The van der Waals surface area contributed by atoms with Crippen LogP contribution in [-0.4, -0.2) is 53.8 Å². The predicted molar refractivity (Wildman–Crippen MR) is 69.0 cm³/mol. The molecular weight excluding hydrogens is 248 g/mol. The topological polar surface area (TPSA) is 78.9 Å². The van der Waals surface area contributed by atoms with Crippen LogP contribution in [0, 0.1) is 0 Å². The Morgan fingerprint density at radius 1 is 1.42 bits per heavy atom. The Balaban J connectivity index is 1.94. The number of rotatable bonds is 4. The van der Waals surface area contributed by atoms with Crippen molar-refractivity contribution in [2.24, 2.45) is 0 Å². The molecule has 1 unspecified atom stereocenters. The Hall–Kier alpha value is -1.30. The van der Waals surface area contributed by atoms with Gasteiger partial charge in [0, 0.05) is 20.2 Å². The number of hydrogen-bond acceptors (Lipinski definition) is 3. The molecule has 1 saturated carbocycles. The number of nitrogens with zero attached hydrogens (tertiary/aromatic N) is 1. The number of ether oxygens (including phenoxy) is 1. The summed E-state index contributed by atoms with van der Waals surface area (Å²) in [5.74, 6) is -0.849. The Morgan fingerprint density at radius 2 is 2.11 bits per heavy atom. The van der Waals surface area contributed by atoms with E-state index in [0.29, 0.717) is 13.1 Å². The molecular formula is C13H22N2O4. The van der Waals surface area contributed by atoms with Crippen LogP contribution in [0.25, 0.3) is 0 Å². The molecule has 1 heterocycles. The molecule has 1 aliphatic carbocycles. The second-order valence-corrected chi connectivity index (χ2v) is 5.58. The van der Waals surface area contributed by atoms with E-state index in [1.165, 1.54) is 0 Å². The predicted octanol–water partition coefficient (Wildman–Crippen LogP) is 1.20. The lowest BCUT2D eigenvalue weighted by Gasteiger charge is -2.31. The molecule has 0 spiro atoms. The number of amides is 2. The molecule has 2 amide bonds. The van der Waals surface area contributed by atoms with Crippen molar-refractivity contribution in [3.63, 3.8) is 0 Å². The van der Waals surface area contributed by atoms with Crippen LogP contribution in [0.3, 0.4) is 0 Å². The fraction of sp³-hybridized carbons (Fsp3) is 0.846. The first-order chi connectivity index (χ1) is 9.04. The molecule has 6 heteroatoms. The third kappa shape index (κ3) is 3.37. The standard InChI is InChI=1S/C13H22N2O4/c1-19-10-4-7-15(9-10)12(18)14-13(8-11(16)17)5-2-3-6-13/h10H,2-9H2,1H3,(H,14,18)(H,16,17). The molecule has 2 aliphatic rings. The third-order valence-electron chi connectivity index (χ3n) is 4.19. The summed E-state index contributed by atoms with van der Waals surface area (Å²) in [6, 6.07) is -0.150. The molecule has 0 aromatic carbocycles. The summed E-state index contributed by atoms with van der Waals surface area (Å²) >= 11 is 0. The molecule has 6 nitrogen and oxygen atoms in total. The SMILES string of the molecule is COC1CCN(C(=O)NC2(CC(=O)O)CCCC2)C1. The summed E-state index contributed by atoms with van der Waals surface area (Å²) in [7, 11) is 1.65. The van der Waals surface area contributed by atoms with Crippen molar-refractivity contribution in [2.45, 2.75) is 50.2 Å². The van der Waals surface area contributed by atoms with Gasteiger partial charge in [0.2, 0.25) is 0 Å². The van der Waals surface area contributed by atoms with Crippen molar-refractivity contribution < 1.29 is 19.4 Å². The summed E-state index contributed by atoms with van der Waals surface area (Å²) in [6.45, 7) is 1.26. The van der Waals surface area contributed by atoms with Crippen molar-refractivity contribution >= 4 is 12.0 Å². The number of carboxylic acids is 1. The molecule has 1 aliphatic heterocycles. The number of carboxylic acid groups (broad SMARTS) is 1. The number of nitrogens with one attached hydrogen (secondary N) is 1. The summed E-state index contributed by atoms with van der Waals surface area (Å²) in [5, 5.41) is 12.0. The van der Waals surface area contributed by atoms with E-state index >= 15 is 0 Å². The van der Waals surface area contributed by atoms with Crippen molar-refractivity contribution in [1.82, 2.24) is 10.2 Å². The van der Waals surface area contributed by atoms with Crippen LogP contribution in [-0.2, 0) is 9.53 Å². The zero-order chi connectivity index (χ0) is 13.9. The summed E-state index contributed by atoms with van der Waals surface area (Å²) < 4.78 is 5.24. The fourth-order valence-corrected chi connectivity index (χ4v) is 3.10. The molecule has 1 saturated heterocycles. The molecule has 19 heavy (non-hydrogen) atoms. The van der Waals surface area contributed by atoms with Gasteiger partial charge in [-0.3, -0.25) is 4.79 Å². The number of hydrogen-bond donors (Lipinski definition) is 2. The number of carbonyl (C=O) groups is 2. The van der Waals surface area contributed by atoms with E-state index in [9.17, 15) is 9.59 Å². The second-order valence-electron chi connectivity index (χ2n) is 5.58. The lowest BCUT2D eigenvalue weighted by molar-refractivity contribution is -0.138. The van der Waals surface area contributed by atoms with Crippen molar-refractivity contribution in [3.05, 3.63) is 0 Å². The molecule has 2 fully saturated rings. The minimum atomic E-state index is -0.849. The van der Waals surface area contributed by atoms with Crippen molar-refractivity contribution in [1.29, 1.82) is 0 Å². The van der Waals surface area contributed by atoms with Crippen LogP contribution in [0.2, 0.25) is 0 Å². The minimum Gasteiger partial charge on any atom is -0.481 e. The van der Waals surface area contributed by atoms with E-state index in [4.69, 9.17) is 9.84 Å². The Morgan fingerprint density at radius 3 is 2.63 bits per heavy atom. The highest BCUT2D eigenvalue weighted by Crippen LogP contribution is 2.33. The third-order valence-corrected chi connectivity index (χ3v) is 4.19. The fourth-order valence-electron chi connectivity index (χ4n) is 3.10. The largest absolute Gasteiger partial charge is 0.481 e. The maximum absolute atomic E-state index is 12.2. The first-order valence-corrected chi connectivity index (χ1v) is 6.86. The first-order valence-electron chi connectivity index (χ1n) is 6.86. The zero-order valence-electron chi connectivity index (χ0n) is 11.4. The molecule has 0 aromatic heterocycles. The summed E-state index contributed by atoms with van der Waals surface area (Å²) in [6.07, 6.45) is 4.43. The van der Waals surface area contributed by atoms with Gasteiger partial charge in [-0.05, 0) is 19.3 Å². The highest BCUT2D eigenvalue weighted by molar-refractivity contribution is 5.77. The molecule has 1 atom stereocenters. The summed E-state index contributed by atoms with van der Waals surface area (Å²) in [5.41, 5.74) is -0.548. The van der Waals surface area contributed by atoms with E-state index in [1.54, 1.807) is 12.0 Å². The van der Waals surface area contributed by atoms with Gasteiger partial charge in [-0.25, -0.2) is 4.79 Å². The zero-order valence-corrected chi connectivity index (χ0v) is 11.4. The van der Waals surface area contributed by atoms with Gasteiger partial charge in [-0.15, -0.1) is 0 Å². The smallest absolute Gasteiger partial charge is 0.317 e. The maximum Gasteiger partial charge on any atom is 0.317 e. The number of likely N-dealkylation sites (tertiary alicyclic amines) is 1. The Kier molecular flexibility index (Phi) is 4.29. The van der Waals surface area contributed by atoms with E-state index in [-0.39, 0.29) is 18.6 Å². The number of aliphatic carboxylic acids is 1. The quantitative estimate of drug-likeness (QED) is 0.804. The average molecular weight is 270 g/mol. The average Bonchev–Trinajstić information content (AvgIpc) is 2.97. The molecule has 2 N–H and O–H groups in total. The molecule has 0 bridgehead atoms. The minimum absolute atomic E-state index is 0.0142. The van der Waals surface area contributed by atoms with Gasteiger partial charge < -0.3 is 20.1 Å². The van der Waals surface area contributed by atoms with E-state index in [0.717, 1.165) is 32.1 Å². The van der Waals surface area contributed by atoms with E-state index in [1.807, 2.05) is 0 Å². The molecule has 0 radical (unpaired) electrons. The van der Waals surface area contributed by atoms with Gasteiger partial charge in [0.25, 0.3) is 0 Å². The number of methoxy groups -OCH3 is 1. The Labute approximate surface area is 113 Å². The van der Waals surface area contributed by atoms with Gasteiger partial charge in [0.15, 0.2) is 0 Å². The number of urea groups is 1. The van der Waals surface area contributed by atoms with Crippen LogP contribution in [0.1, 0.15) is 38.5 Å². The van der Waals surface area contributed by atoms with Crippen LogP contribution in [0.4, 0.5) is 4.79 Å². The Bertz CT molecular complexity index is 353. The summed E-state index contributed by atoms with van der Waals surface area (Å²) in [4.78, 5) is 24.9. The highest BCUT2D eigenvalue weighted by Gasteiger charge is 2.39.